The zero-order valence-electron chi connectivity index (χ0n) is 24.2. The first-order valence-electron chi connectivity index (χ1n) is 14.0. The summed E-state index contributed by atoms with van der Waals surface area (Å²) >= 11 is 5.89. The molecule has 0 unspecified atom stereocenters. The van der Waals surface area contributed by atoms with Crippen LogP contribution in [0.3, 0.4) is 0 Å². The molecular formula is C35H32ClN5O2. The summed E-state index contributed by atoms with van der Waals surface area (Å²) in [5, 5.41) is 10.1. The number of piperazine rings is 1. The Hall–Kier alpha value is -4.90. The van der Waals surface area contributed by atoms with Gasteiger partial charge in [-0.2, -0.15) is 5.26 Å². The van der Waals surface area contributed by atoms with E-state index in [1.807, 2.05) is 104 Å². The van der Waals surface area contributed by atoms with Crippen LogP contribution in [0.1, 0.15) is 16.8 Å². The van der Waals surface area contributed by atoms with Crippen molar-refractivity contribution >= 4 is 23.2 Å². The van der Waals surface area contributed by atoms with Gasteiger partial charge in [0.2, 0.25) is 5.91 Å². The van der Waals surface area contributed by atoms with Crippen molar-refractivity contribution < 1.29 is 9.53 Å². The first kappa shape index (κ1) is 29.6. The van der Waals surface area contributed by atoms with E-state index in [2.05, 4.69) is 27.8 Å². The molecule has 4 aromatic carbocycles. The van der Waals surface area contributed by atoms with E-state index in [0.29, 0.717) is 35.2 Å². The minimum atomic E-state index is 0.131. The molecule has 1 fully saturated rings. The number of halogens is 1. The highest BCUT2D eigenvalue weighted by molar-refractivity contribution is 6.30. The maximum atomic E-state index is 11.8. The van der Waals surface area contributed by atoms with E-state index in [1.165, 1.54) is 0 Å². The third-order valence-electron chi connectivity index (χ3n) is 7.16. The summed E-state index contributed by atoms with van der Waals surface area (Å²) in [5.74, 6) is 1.39. The highest BCUT2D eigenvalue weighted by atomic mass is 35.5. The van der Waals surface area contributed by atoms with E-state index in [9.17, 15) is 10.1 Å². The van der Waals surface area contributed by atoms with Crippen LogP contribution >= 0.6 is 11.6 Å². The van der Waals surface area contributed by atoms with Crippen LogP contribution in [0.2, 0.25) is 5.02 Å². The molecule has 0 aliphatic carbocycles. The fourth-order valence-corrected chi connectivity index (χ4v) is 4.96. The van der Waals surface area contributed by atoms with E-state index in [0.717, 1.165) is 41.2 Å². The van der Waals surface area contributed by atoms with Crippen LogP contribution in [0.5, 0.6) is 11.5 Å². The van der Waals surface area contributed by atoms with Gasteiger partial charge in [0, 0.05) is 42.2 Å². The molecular weight excluding hydrogens is 558 g/mol. The number of rotatable bonds is 6. The summed E-state index contributed by atoms with van der Waals surface area (Å²) in [4.78, 5) is 19.7. The molecule has 6 rings (SSSR count). The van der Waals surface area contributed by atoms with Crippen LogP contribution in [0.4, 0.5) is 5.69 Å². The smallest absolute Gasteiger partial charge is 0.241 e. The third kappa shape index (κ3) is 7.69. The maximum absolute atomic E-state index is 11.8. The lowest BCUT2D eigenvalue weighted by Crippen LogP contribution is -2.48. The SMILES string of the molecule is CN1CCN(c2cccc(Cl)c2)C(=O)C1.Cc1cncn1Cc1ccc(C#N)c(Oc2ccc(-c3ccccc3)cc2)c1. The second kappa shape index (κ2) is 13.8. The van der Waals surface area contributed by atoms with Crippen molar-refractivity contribution in [3.63, 3.8) is 0 Å². The molecule has 1 saturated heterocycles. The van der Waals surface area contributed by atoms with E-state index < -0.39 is 0 Å². The van der Waals surface area contributed by atoms with Crippen LogP contribution in [-0.2, 0) is 11.3 Å². The summed E-state index contributed by atoms with van der Waals surface area (Å²) in [6, 6.07) is 33.4. The highest BCUT2D eigenvalue weighted by Gasteiger charge is 2.22. The van der Waals surface area contributed by atoms with Gasteiger partial charge in [-0.15, -0.1) is 0 Å². The molecule has 2 heterocycles. The number of nitriles is 1. The van der Waals surface area contributed by atoms with Gasteiger partial charge in [0.1, 0.15) is 17.6 Å². The maximum Gasteiger partial charge on any atom is 0.241 e. The summed E-state index contributed by atoms with van der Waals surface area (Å²) < 4.78 is 8.09. The predicted octanol–water partition coefficient (Wildman–Crippen LogP) is 7.19. The van der Waals surface area contributed by atoms with Crippen molar-refractivity contribution in [2.24, 2.45) is 0 Å². The number of hydrogen-bond acceptors (Lipinski definition) is 5. The number of anilines is 1. The lowest BCUT2D eigenvalue weighted by Gasteiger charge is -2.32. The van der Waals surface area contributed by atoms with Crippen molar-refractivity contribution in [3.05, 3.63) is 131 Å². The molecule has 0 N–H and O–H groups in total. The number of hydrogen-bond donors (Lipinski definition) is 0. The molecule has 43 heavy (non-hydrogen) atoms. The first-order chi connectivity index (χ1) is 20.9. The van der Waals surface area contributed by atoms with Gasteiger partial charge < -0.3 is 14.2 Å². The number of nitrogens with zero attached hydrogens (tertiary/aromatic N) is 5. The molecule has 0 radical (unpaired) electrons. The number of ether oxygens (including phenoxy) is 1. The molecule has 216 valence electrons. The van der Waals surface area contributed by atoms with Gasteiger partial charge in [0.05, 0.1) is 18.4 Å². The Balaban J connectivity index is 0.000000207. The standard InChI is InChI=1S/C24H19N3O.C11H13ClN2O/c1-18-15-26-17-27(18)16-19-7-8-22(14-25)24(13-19)28-23-11-9-21(10-12-23)20-5-3-2-4-6-20;1-13-5-6-14(11(15)8-13)10-4-2-3-9(12)7-10/h2-13,15,17H,16H2,1H3;2-4,7H,5-6,8H2,1H3. The van der Waals surface area contributed by atoms with E-state index in [4.69, 9.17) is 16.3 Å². The van der Waals surface area contributed by atoms with Crippen LogP contribution in [0.25, 0.3) is 11.1 Å². The van der Waals surface area contributed by atoms with Gasteiger partial charge >= 0.3 is 0 Å². The second-order valence-corrected chi connectivity index (χ2v) is 10.8. The normalized spacial score (nSPS) is 13.2. The minimum Gasteiger partial charge on any atom is -0.456 e. The predicted molar refractivity (Wildman–Crippen MR) is 170 cm³/mol. The van der Waals surface area contributed by atoms with E-state index in [1.54, 1.807) is 17.3 Å². The monoisotopic (exact) mass is 589 g/mol. The molecule has 0 atom stereocenters. The van der Waals surface area contributed by atoms with Crippen molar-refractivity contribution in [1.82, 2.24) is 14.5 Å². The van der Waals surface area contributed by atoms with Crippen molar-refractivity contribution in [2.75, 3.05) is 31.6 Å². The van der Waals surface area contributed by atoms with E-state index in [-0.39, 0.29) is 5.91 Å². The average Bonchev–Trinajstić information content (AvgIpc) is 3.42. The van der Waals surface area contributed by atoms with Gasteiger partial charge in [0.15, 0.2) is 0 Å². The molecule has 1 amide bonds. The number of carbonyl (C=O) groups is 1. The average molecular weight is 590 g/mol. The molecule has 7 nitrogen and oxygen atoms in total. The largest absolute Gasteiger partial charge is 0.456 e. The Morgan fingerprint density at radius 3 is 2.37 bits per heavy atom. The Labute approximate surface area is 257 Å². The Morgan fingerprint density at radius 1 is 0.930 bits per heavy atom. The van der Waals surface area contributed by atoms with Crippen LogP contribution in [-0.4, -0.2) is 47.0 Å². The third-order valence-corrected chi connectivity index (χ3v) is 7.40. The van der Waals surface area contributed by atoms with Gasteiger partial charge in [-0.05, 0) is 73.1 Å². The number of likely N-dealkylation sites (N-methyl/N-ethyl adjacent to an activating group) is 1. The van der Waals surface area contributed by atoms with Crippen molar-refractivity contribution in [2.45, 2.75) is 13.5 Å². The number of imidazole rings is 1. The van der Waals surface area contributed by atoms with Gasteiger partial charge in [0.25, 0.3) is 0 Å². The number of aryl methyl sites for hydroxylation is 1. The number of benzene rings is 4. The molecule has 8 heteroatoms. The zero-order chi connectivity index (χ0) is 30.2. The summed E-state index contributed by atoms with van der Waals surface area (Å²) in [6.45, 7) is 4.81. The zero-order valence-corrected chi connectivity index (χ0v) is 24.9. The molecule has 5 aromatic rings. The Bertz CT molecular complexity index is 1730. The summed E-state index contributed by atoms with van der Waals surface area (Å²) in [6.07, 6.45) is 3.63. The lowest BCUT2D eigenvalue weighted by atomic mass is 10.1. The molecule has 0 saturated carbocycles. The minimum absolute atomic E-state index is 0.131. The van der Waals surface area contributed by atoms with Crippen molar-refractivity contribution in [3.8, 4) is 28.7 Å². The van der Waals surface area contributed by atoms with Gasteiger partial charge in [-0.25, -0.2) is 4.98 Å². The van der Waals surface area contributed by atoms with Crippen LogP contribution in [0, 0.1) is 18.3 Å². The number of amides is 1. The molecule has 1 aliphatic rings. The topological polar surface area (TPSA) is 74.4 Å². The Kier molecular flexibility index (Phi) is 9.52. The fourth-order valence-electron chi connectivity index (χ4n) is 4.77. The first-order valence-corrected chi connectivity index (χ1v) is 14.3. The summed E-state index contributed by atoms with van der Waals surface area (Å²) in [5.41, 5.74) is 5.82. The quantitative estimate of drug-likeness (QED) is 0.210. The lowest BCUT2D eigenvalue weighted by molar-refractivity contribution is -0.120. The molecule has 0 spiro atoms. The molecule has 1 aliphatic heterocycles. The highest BCUT2D eigenvalue weighted by Crippen LogP contribution is 2.29. The van der Waals surface area contributed by atoms with E-state index >= 15 is 0 Å². The number of carbonyl (C=O) groups excluding carboxylic acids is 1. The van der Waals surface area contributed by atoms with Crippen LogP contribution < -0.4 is 9.64 Å². The Morgan fingerprint density at radius 2 is 1.70 bits per heavy atom. The number of aromatic nitrogens is 2. The summed E-state index contributed by atoms with van der Waals surface area (Å²) in [7, 11) is 1.95. The van der Waals surface area contributed by atoms with Gasteiger partial charge in [-0.3, -0.25) is 9.69 Å². The van der Waals surface area contributed by atoms with Crippen LogP contribution in [0.15, 0.2) is 110 Å². The second-order valence-electron chi connectivity index (χ2n) is 10.4. The molecule has 0 bridgehead atoms. The van der Waals surface area contributed by atoms with Gasteiger partial charge in [-0.1, -0.05) is 66.2 Å². The molecule has 1 aromatic heterocycles. The fraction of sp³-hybridized carbons (Fsp3) is 0.171. The van der Waals surface area contributed by atoms with Crippen molar-refractivity contribution in [1.29, 1.82) is 5.26 Å².